The molecule has 2 aliphatic rings. The summed E-state index contributed by atoms with van der Waals surface area (Å²) >= 11 is 6.08. The number of likely N-dealkylation sites (tertiary alicyclic amines) is 1. The van der Waals surface area contributed by atoms with Gasteiger partial charge in [0.2, 0.25) is 5.91 Å². The molecular formula is C22H31ClN2O2S. The Labute approximate surface area is 176 Å². The van der Waals surface area contributed by atoms with Gasteiger partial charge in [0, 0.05) is 29.3 Å². The van der Waals surface area contributed by atoms with Crippen LogP contribution in [0.2, 0.25) is 5.02 Å². The van der Waals surface area contributed by atoms with Gasteiger partial charge in [-0.05, 0) is 62.1 Å². The van der Waals surface area contributed by atoms with Crippen molar-refractivity contribution >= 4 is 28.5 Å². The Morgan fingerprint density at radius 2 is 2.00 bits per heavy atom. The number of piperidine rings is 1. The number of hydrogen-bond acceptors (Lipinski definition) is 2. The molecule has 4 nitrogen and oxygen atoms in total. The summed E-state index contributed by atoms with van der Waals surface area (Å²) in [6.45, 7) is 6.46. The first kappa shape index (κ1) is 21.5. The third-order valence-corrected chi connectivity index (χ3v) is 7.32. The second-order valence-corrected chi connectivity index (χ2v) is 9.74. The zero-order chi connectivity index (χ0) is 20.1. The molecule has 1 aromatic rings. The van der Waals surface area contributed by atoms with E-state index in [9.17, 15) is 9.00 Å². The van der Waals surface area contributed by atoms with E-state index in [2.05, 4.69) is 16.2 Å². The third kappa shape index (κ3) is 5.25. The molecule has 0 bridgehead atoms. The fourth-order valence-corrected chi connectivity index (χ4v) is 5.22. The molecule has 28 heavy (non-hydrogen) atoms. The van der Waals surface area contributed by atoms with Crippen LogP contribution in [-0.4, -0.2) is 33.4 Å². The fourth-order valence-electron chi connectivity index (χ4n) is 4.22. The lowest BCUT2D eigenvalue weighted by molar-refractivity contribution is -0.145. The SMILES string of the molecule is C=CC[C@H]1CC[C@@H](c2ccc(Cl)cc2)N(C(CNS(=O)CCC)C2CC2)C1=O. The van der Waals surface area contributed by atoms with Crippen LogP contribution in [0.4, 0.5) is 0 Å². The third-order valence-electron chi connectivity index (χ3n) is 5.80. The Kier molecular flexibility index (Phi) is 7.72. The molecule has 1 amide bonds. The van der Waals surface area contributed by atoms with Gasteiger partial charge in [0.05, 0.1) is 17.0 Å². The molecular weight excluding hydrogens is 392 g/mol. The maximum absolute atomic E-state index is 13.5. The van der Waals surface area contributed by atoms with Crippen molar-refractivity contribution in [3.8, 4) is 0 Å². The van der Waals surface area contributed by atoms with Gasteiger partial charge in [-0.2, -0.15) is 0 Å². The normalized spacial score (nSPS) is 24.8. The highest BCUT2D eigenvalue weighted by Gasteiger charge is 2.44. The van der Waals surface area contributed by atoms with Gasteiger partial charge in [0.25, 0.3) is 0 Å². The van der Waals surface area contributed by atoms with Crippen LogP contribution >= 0.6 is 11.6 Å². The fraction of sp³-hybridized carbons (Fsp3) is 0.591. The van der Waals surface area contributed by atoms with Crippen molar-refractivity contribution in [2.75, 3.05) is 12.3 Å². The van der Waals surface area contributed by atoms with Crippen molar-refractivity contribution in [1.29, 1.82) is 0 Å². The lowest BCUT2D eigenvalue weighted by Gasteiger charge is -2.44. The van der Waals surface area contributed by atoms with Crippen molar-refractivity contribution < 1.29 is 9.00 Å². The van der Waals surface area contributed by atoms with Gasteiger partial charge >= 0.3 is 0 Å². The number of nitrogens with one attached hydrogen (secondary N) is 1. The average molecular weight is 423 g/mol. The molecule has 2 fully saturated rings. The Morgan fingerprint density at radius 1 is 1.29 bits per heavy atom. The summed E-state index contributed by atoms with van der Waals surface area (Å²) in [6.07, 6.45) is 7.53. The van der Waals surface area contributed by atoms with Crippen molar-refractivity contribution in [2.24, 2.45) is 11.8 Å². The average Bonchev–Trinajstić information content (AvgIpc) is 3.51. The highest BCUT2D eigenvalue weighted by atomic mass is 35.5. The molecule has 4 atom stereocenters. The van der Waals surface area contributed by atoms with Gasteiger partial charge in [0.1, 0.15) is 0 Å². The zero-order valence-corrected chi connectivity index (χ0v) is 18.2. The quantitative estimate of drug-likeness (QED) is 0.558. The minimum Gasteiger partial charge on any atom is -0.331 e. The van der Waals surface area contributed by atoms with Gasteiger partial charge in [-0.3, -0.25) is 4.79 Å². The molecule has 0 spiro atoms. The number of allylic oxidation sites excluding steroid dienone is 1. The molecule has 154 valence electrons. The molecule has 1 aliphatic heterocycles. The van der Waals surface area contributed by atoms with Crippen molar-refractivity contribution in [2.45, 2.75) is 57.5 Å². The molecule has 1 N–H and O–H groups in total. The number of benzene rings is 1. The number of carbonyl (C=O) groups is 1. The monoisotopic (exact) mass is 422 g/mol. The number of rotatable bonds is 10. The van der Waals surface area contributed by atoms with Gasteiger partial charge in [-0.25, -0.2) is 8.93 Å². The highest BCUT2D eigenvalue weighted by molar-refractivity contribution is 7.83. The summed E-state index contributed by atoms with van der Waals surface area (Å²) in [5.41, 5.74) is 1.13. The van der Waals surface area contributed by atoms with E-state index < -0.39 is 11.0 Å². The second-order valence-electron chi connectivity index (χ2n) is 7.91. The minimum absolute atomic E-state index is 0.00318. The molecule has 1 aromatic carbocycles. The van der Waals surface area contributed by atoms with Crippen LogP contribution in [0.1, 0.15) is 57.1 Å². The zero-order valence-electron chi connectivity index (χ0n) is 16.6. The second kappa shape index (κ2) is 10.0. The maximum Gasteiger partial charge on any atom is 0.226 e. The summed E-state index contributed by atoms with van der Waals surface area (Å²) < 4.78 is 15.4. The van der Waals surface area contributed by atoms with Crippen LogP contribution in [0, 0.1) is 11.8 Å². The largest absolute Gasteiger partial charge is 0.331 e. The van der Waals surface area contributed by atoms with E-state index >= 15 is 0 Å². The van der Waals surface area contributed by atoms with Gasteiger partial charge in [-0.15, -0.1) is 6.58 Å². The first-order valence-corrected chi connectivity index (χ1v) is 12.0. The summed E-state index contributed by atoms with van der Waals surface area (Å²) in [6, 6.07) is 8.01. The van der Waals surface area contributed by atoms with E-state index in [-0.39, 0.29) is 23.9 Å². The summed E-state index contributed by atoms with van der Waals surface area (Å²) in [5, 5.41) is 0.706. The standard InChI is InChI=1S/C22H31ClN2O2S/c1-3-5-18-10-13-20(16-8-11-19(23)12-9-16)25(22(18)26)21(17-6-7-17)15-24-28(27)14-4-2/h3,8-9,11-12,17-18,20-21,24H,1,4-7,10,13-15H2,2H3/t18-,20-,21?,28?/m0/s1. The van der Waals surface area contributed by atoms with E-state index in [0.717, 1.165) is 44.1 Å². The van der Waals surface area contributed by atoms with E-state index in [4.69, 9.17) is 11.6 Å². The Hall–Kier alpha value is -1.17. The smallest absolute Gasteiger partial charge is 0.226 e. The van der Waals surface area contributed by atoms with Gasteiger partial charge < -0.3 is 4.90 Å². The Bertz CT molecular complexity index is 705. The van der Waals surface area contributed by atoms with Crippen molar-refractivity contribution in [1.82, 2.24) is 9.62 Å². The van der Waals surface area contributed by atoms with E-state index in [1.165, 1.54) is 0 Å². The van der Waals surface area contributed by atoms with Crippen LogP contribution < -0.4 is 4.72 Å². The van der Waals surface area contributed by atoms with Gasteiger partial charge in [-0.1, -0.05) is 36.7 Å². The summed E-state index contributed by atoms with van der Waals surface area (Å²) in [7, 11) is -1.04. The number of halogens is 1. The predicted octanol–water partition coefficient (Wildman–Crippen LogP) is 4.64. The molecule has 3 rings (SSSR count). The molecule has 1 aliphatic carbocycles. The van der Waals surface area contributed by atoms with Gasteiger partial charge in [0.15, 0.2) is 0 Å². The molecule has 2 unspecified atom stereocenters. The Morgan fingerprint density at radius 3 is 2.61 bits per heavy atom. The van der Waals surface area contributed by atoms with E-state index in [1.54, 1.807) is 0 Å². The van der Waals surface area contributed by atoms with E-state index in [0.29, 0.717) is 23.2 Å². The molecule has 6 heteroatoms. The number of hydrogen-bond donors (Lipinski definition) is 1. The first-order valence-electron chi connectivity index (χ1n) is 10.4. The van der Waals surface area contributed by atoms with Crippen molar-refractivity contribution in [3.63, 3.8) is 0 Å². The van der Waals surface area contributed by atoms with Crippen molar-refractivity contribution in [3.05, 3.63) is 47.5 Å². The Balaban J connectivity index is 1.85. The number of amides is 1. The number of carbonyl (C=O) groups excluding carboxylic acids is 1. The molecule has 1 heterocycles. The summed E-state index contributed by atoms with van der Waals surface area (Å²) in [4.78, 5) is 15.6. The predicted molar refractivity (Wildman–Crippen MR) is 116 cm³/mol. The first-order chi connectivity index (χ1) is 13.5. The van der Waals surface area contributed by atoms with Crippen LogP contribution in [0.3, 0.4) is 0 Å². The number of nitrogens with zero attached hydrogens (tertiary/aromatic N) is 1. The van der Waals surface area contributed by atoms with E-state index in [1.807, 2.05) is 37.3 Å². The lowest BCUT2D eigenvalue weighted by Crippen LogP contribution is -2.53. The molecule has 1 saturated heterocycles. The molecule has 0 aromatic heterocycles. The summed E-state index contributed by atoms with van der Waals surface area (Å²) in [5.74, 6) is 1.35. The molecule has 1 saturated carbocycles. The lowest BCUT2D eigenvalue weighted by atomic mass is 9.85. The van der Waals surface area contributed by atoms with Crippen LogP contribution in [-0.2, 0) is 15.8 Å². The minimum atomic E-state index is -1.04. The maximum atomic E-state index is 13.5. The highest BCUT2D eigenvalue weighted by Crippen LogP contribution is 2.43. The molecule has 0 radical (unpaired) electrons. The van der Waals surface area contributed by atoms with Crippen LogP contribution in [0.25, 0.3) is 0 Å². The van der Waals surface area contributed by atoms with Crippen LogP contribution in [0.15, 0.2) is 36.9 Å². The van der Waals surface area contributed by atoms with Crippen LogP contribution in [0.5, 0.6) is 0 Å². The topological polar surface area (TPSA) is 49.4 Å².